The smallest absolute Gasteiger partial charge is 0.480 e. The molecule has 1 rings (SSSR count). The molecule has 0 aliphatic rings. The number of aliphatic hydroxyl groups excluding tert-OH is 1. The average molecular weight is 691 g/mol. The monoisotopic (exact) mass is 691 g/mol. The average Bonchev–Trinajstić information content (AvgIpc) is 3.08. The van der Waals surface area contributed by atoms with E-state index in [-0.39, 0.29) is 54.2 Å². The zero-order valence-electron chi connectivity index (χ0n) is 28.7. The Hall–Kier alpha value is -3.30. The highest BCUT2D eigenvalue weighted by Gasteiger charge is 2.26. The Kier molecular flexibility index (Phi) is 22.1. The van der Waals surface area contributed by atoms with E-state index < -0.39 is 37.6 Å². The molecule has 274 valence electrons. The van der Waals surface area contributed by atoms with Gasteiger partial charge in [0.1, 0.15) is 12.3 Å². The molecule has 0 aliphatic carbocycles. The molecule has 49 heavy (non-hydrogen) atoms. The van der Waals surface area contributed by atoms with E-state index in [1.165, 1.54) is 18.2 Å². The van der Waals surface area contributed by atoms with E-state index >= 15 is 0 Å². The van der Waals surface area contributed by atoms with Gasteiger partial charge in [-0.15, -0.1) is 0 Å². The number of nitrogens with one attached hydrogen (secondary N) is 3. The van der Waals surface area contributed by atoms with E-state index in [1.807, 2.05) is 6.92 Å². The van der Waals surface area contributed by atoms with Crippen molar-refractivity contribution >= 4 is 55.1 Å². The molecule has 0 aliphatic heterocycles. The molecule has 16 heteroatoms. The number of rotatable bonds is 28. The number of aliphatic hydroxyl groups is 1. The Bertz CT molecular complexity index is 1140. The second-order valence-corrected chi connectivity index (χ2v) is 12.6. The molecule has 2 atom stereocenters. The molecule has 1 aromatic carbocycles. The molecule has 3 amide bonds. The summed E-state index contributed by atoms with van der Waals surface area (Å²) in [5, 5.41) is 64.4. The Morgan fingerprint density at radius 1 is 0.755 bits per heavy atom. The zero-order valence-corrected chi connectivity index (χ0v) is 28.7. The van der Waals surface area contributed by atoms with Crippen molar-refractivity contribution in [3.8, 4) is 0 Å². The van der Waals surface area contributed by atoms with Gasteiger partial charge >= 0.3 is 20.2 Å². The van der Waals surface area contributed by atoms with Gasteiger partial charge in [-0.3, -0.25) is 14.4 Å². The number of hydrogen-bond donors (Lipinski definition) is 9. The first-order chi connectivity index (χ1) is 23.4. The maximum atomic E-state index is 12.4. The lowest BCUT2D eigenvalue weighted by atomic mass is 9.72. The van der Waals surface area contributed by atoms with Crippen molar-refractivity contribution < 1.29 is 54.3 Å². The molecule has 2 unspecified atom stereocenters. The molecule has 0 aromatic heterocycles. The predicted molar refractivity (Wildman–Crippen MR) is 186 cm³/mol. The van der Waals surface area contributed by atoms with E-state index in [0.717, 1.165) is 57.7 Å². The molecule has 14 nitrogen and oxygen atoms in total. The Morgan fingerprint density at radius 3 is 1.80 bits per heavy atom. The molecular formula is C33H55B2N3O11. The van der Waals surface area contributed by atoms with Gasteiger partial charge in [-0.1, -0.05) is 64.4 Å². The normalized spacial score (nSPS) is 12.8. The number of carbonyl (C=O) groups excluding carboxylic acids is 4. The van der Waals surface area contributed by atoms with Crippen LogP contribution in [-0.2, 0) is 19.2 Å². The van der Waals surface area contributed by atoms with Gasteiger partial charge in [0.05, 0.1) is 6.61 Å². The lowest BCUT2D eigenvalue weighted by Gasteiger charge is -2.23. The highest BCUT2D eigenvalue weighted by Crippen LogP contribution is 2.25. The molecule has 0 fully saturated rings. The second kappa shape index (κ2) is 24.8. The van der Waals surface area contributed by atoms with Crippen LogP contribution in [0.2, 0.25) is 0 Å². The number of benzene rings is 1. The quantitative estimate of drug-likeness (QED) is 0.0319. The van der Waals surface area contributed by atoms with Crippen LogP contribution in [0, 0.1) is 5.41 Å². The highest BCUT2D eigenvalue weighted by atomic mass is 16.4. The standard InChI is InChI=1S/C33H55B2N3O11/c1-2-33(23-39,24-40)17-11-13-18-36-29(41)16-15-28(32(44)45)38-30(42)14-10-8-6-4-3-5-7-9-12-19-37-31(43)25-20-26(34(46)47)22-27(21-25)35(48)49/h20-23,28,40,46-49H,2-19,24H2,1H3,(H,36,41)(H,37,43)(H,38,42)(H,44,45). The van der Waals surface area contributed by atoms with Crippen LogP contribution in [0.4, 0.5) is 0 Å². The molecule has 0 radical (unpaired) electrons. The van der Waals surface area contributed by atoms with E-state index in [0.29, 0.717) is 45.2 Å². The van der Waals surface area contributed by atoms with Crippen LogP contribution in [0.15, 0.2) is 18.2 Å². The van der Waals surface area contributed by atoms with Crippen molar-refractivity contribution in [3.05, 3.63) is 23.8 Å². The minimum absolute atomic E-state index is 0.0133. The molecule has 0 bridgehead atoms. The first-order valence-electron chi connectivity index (χ1n) is 17.4. The molecule has 0 spiro atoms. The topological polar surface area (TPSA) is 243 Å². The summed E-state index contributed by atoms with van der Waals surface area (Å²) >= 11 is 0. The van der Waals surface area contributed by atoms with E-state index in [1.54, 1.807) is 0 Å². The minimum Gasteiger partial charge on any atom is -0.480 e. The van der Waals surface area contributed by atoms with Gasteiger partial charge in [0, 0.05) is 36.9 Å². The van der Waals surface area contributed by atoms with Crippen LogP contribution in [0.3, 0.4) is 0 Å². The maximum Gasteiger partial charge on any atom is 0.488 e. The van der Waals surface area contributed by atoms with Crippen LogP contribution in [-0.4, -0.2) is 100 Å². The fraction of sp³-hybridized carbons (Fsp3) is 0.667. The summed E-state index contributed by atoms with van der Waals surface area (Å²) in [4.78, 5) is 59.7. The highest BCUT2D eigenvalue weighted by molar-refractivity contribution is 6.62. The Labute approximate surface area is 289 Å². The third kappa shape index (κ3) is 18.3. The van der Waals surface area contributed by atoms with E-state index in [9.17, 15) is 54.3 Å². The number of carboxylic acid groups (broad SMARTS) is 1. The first-order valence-corrected chi connectivity index (χ1v) is 17.4. The molecule has 0 heterocycles. The van der Waals surface area contributed by atoms with Gasteiger partial charge in [-0.2, -0.15) is 0 Å². The molecule has 1 aromatic rings. The first kappa shape index (κ1) is 43.7. The van der Waals surface area contributed by atoms with Crippen molar-refractivity contribution in [3.63, 3.8) is 0 Å². The summed E-state index contributed by atoms with van der Waals surface area (Å²) in [7, 11) is -3.69. The summed E-state index contributed by atoms with van der Waals surface area (Å²) < 4.78 is 0. The second-order valence-electron chi connectivity index (χ2n) is 12.6. The summed E-state index contributed by atoms with van der Waals surface area (Å²) in [6, 6.07) is 2.63. The lowest BCUT2D eigenvalue weighted by Crippen LogP contribution is -2.41. The van der Waals surface area contributed by atoms with Gasteiger partial charge in [-0.25, -0.2) is 4.79 Å². The summed E-state index contributed by atoms with van der Waals surface area (Å²) in [6.07, 6.45) is 11.5. The SMILES string of the molecule is CCC(C=O)(CO)CCCCNC(=O)CCC(NC(=O)CCCCCCCCCCCNC(=O)c1cc(B(O)O)cc(B(O)O)c1)C(=O)O. The number of carboxylic acids is 1. The van der Waals surface area contributed by atoms with Crippen molar-refractivity contribution in [2.75, 3.05) is 19.7 Å². The molecule has 0 saturated heterocycles. The van der Waals surface area contributed by atoms with Gasteiger partial charge in [0.15, 0.2) is 0 Å². The number of amides is 3. The number of unbranched alkanes of at least 4 members (excludes halogenated alkanes) is 9. The van der Waals surface area contributed by atoms with Gasteiger partial charge < -0.3 is 51.1 Å². The fourth-order valence-electron chi connectivity index (χ4n) is 5.32. The van der Waals surface area contributed by atoms with Crippen LogP contribution >= 0.6 is 0 Å². The van der Waals surface area contributed by atoms with Gasteiger partial charge in [-0.05, 0) is 61.6 Å². The minimum atomic E-state index is -1.85. The van der Waals surface area contributed by atoms with Crippen LogP contribution in [0.5, 0.6) is 0 Å². The summed E-state index contributed by atoms with van der Waals surface area (Å²) in [5.74, 6) is -2.31. The third-order valence-electron chi connectivity index (χ3n) is 8.69. The molecular weight excluding hydrogens is 636 g/mol. The largest absolute Gasteiger partial charge is 0.488 e. The maximum absolute atomic E-state index is 12.4. The Balaban J connectivity index is 2.13. The third-order valence-corrected chi connectivity index (χ3v) is 8.69. The van der Waals surface area contributed by atoms with Crippen molar-refractivity contribution in [2.45, 2.75) is 116 Å². The van der Waals surface area contributed by atoms with E-state index in [4.69, 9.17) is 0 Å². The van der Waals surface area contributed by atoms with Crippen LogP contribution in [0.1, 0.15) is 120 Å². The Morgan fingerprint density at radius 2 is 1.29 bits per heavy atom. The predicted octanol–water partition coefficient (Wildman–Crippen LogP) is -0.0993. The van der Waals surface area contributed by atoms with Gasteiger partial charge in [0.2, 0.25) is 11.8 Å². The lowest BCUT2D eigenvalue weighted by molar-refractivity contribution is -0.142. The van der Waals surface area contributed by atoms with Crippen molar-refractivity contribution in [1.29, 1.82) is 0 Å². The molecule has 0 saturated carbocycles. The van der Waals surface area contributed by atoms with Gasteiger partial charge in [0.25, 0.3) is 5.91 Å². The van der Waals surface area contributed by atoms with E-state index in [2.05, 4.69) is 16.0 Å². The zero-order chi connectivity index (χ0) is 36.7. The summed E-state index contributed by atoms with van der Waals surface area (Å²) in [5.41, 5.74) is -0.662. The van der Waals surface area contributed by atoms with Crippen LogP contribution in [0.25, 0.3) is 0 Å². The summed E-state index contributed by atoms with van der Waals surface area (Å²) in [6.45, 7) is 2.44. The molecule has 9 N–H and O–H groups in total. The number of hydrogen-bond acceptors (Lipinski definition) is 10. The van der Waals surface area contributed by atoms with Crippen molar-refractivity contribution in [1.82, 2.24) is 16.0 Å². The number of aldehydes is 1. The van der Waals surface area contributed by atoms with Crippen LogP contribution < -0.4 is 26.9 Å². The van der Waals surface area contributed by atoms with Crippen molar-refractivity contribution in [2.24, 2.45) is 5.41 Å². The number of aliphatic carboxylic acids is 1. The number of carbonyl (C=O) groups is 5. The fourth-order valence-corrected chi connectivity index (χ4v) is 5.32.